The number of aromatic nitrogens is 1. The number of thiazole rings is 1. The first-order valence-electron chi connectivity index (χ1n) is 7.81. The zero-order valence-corrected chi connectivity index (χ0v) is 16.0. The number of nitrogens with two attached hydrogens (primary N) is 1. The fourth-order valence-corrected chi connectivity index (χ4v) is 3.15. The molecule has 0 spiro atoms. The SMILES string of the molecule is CCc1nc(N)sc1C(=O)Nc1c(C)cc(C)cc1C.O=C(O)C(F)(F)F. The van der Waals surface area contributed by atoms with E-state index in [4.69, 9.17) is 15.6 Å². The highest BCUT2D eigenvalue weighted by atomic mass is 32.1. The number of carboxylic acid groups (broad SMARTS) is 1. The van der Waals surface area contributed by atoms with Gasteiger partial charge in [0.05, 0.1) is 5.69 Å². The number of nitrogens with zero attached hydrogens (tertiary/aromatic N) is 1. The van der Waals surface area contributed by atoms with Gasteiger partial charge in [0.1, 0.15) is 4.88 Å². The Labute approximate surface area is 158 Å². The van der Waals surface area contributed by atoms with Crippen LogP contribution in [0.25, 0.3) is 0 Å². The molecular weight excluding hydrogens is 383 g/mol. The molecule has 0 saturated heterocycles. The third-order valence-electron chi connectivity index (χ3n) is 3.41. The van der Waals surface area contributed by atoms with Crippen LogP contribution >= 0.6 is 11.3 Å². The van der Waals surface area contributed by atoms with Crippen LogP contribution in [0, 0.1) is 20.8 Å². The number of anilines is 2. The second-order valence-corrected chi connectivity index (χ2v) is 6.74. The van der Waals surface area contributed by atoms with Crippen molar-refractivity contribution in [2.45, 2.75) is 40.3 Å². The number of hydrogen-bond donors (Lipinski definition) is 3. The molecule has 2 aromatic rings. The Balaban J connectivity index is 0.000000445. The van der Waals surface area contributed by atoms with Gasteiger partial charge in [-0.1, -0.05) is 36.0 Å². The highest BCUT2D eigenvalue weighted by Crippen LogP contribution is 2.26. The zero-order valence-electron chi connectivity index (χ0n) is 15.2. The summed E-state index contributed by atoms with van der Waals surface area (Å²) < 4.78 is 31.7. The fraction of sp³-hybridized carbons (Fsp3) is 0.353. The smallest absolute Gasteiger partial charge is 0.475 e. The molecule has 1 aromatic heterocycles. The molecule has 6 nitrogen and oxygen atoms in total. The Bertz CT molecular complexity index is 825. The number of benzene rings is 1. The van der Waals surface area contributed by atoms with Crippen LogP contribution in [0.5, 0.6) is 0 Å². The number of nitrogen functional groups attached to an aromatic ring is 1. The van der Waals surface area contributed by atoms with E-state index >= 15 is 0 Å². The van der Waals surface area contributed by atoms with Gasteiger partial charge in [-0.05, 0) is 38.3 Å². The van der Waals surface area contributed by atoms with Gasteiger partial charge in [-0.15, -0.1) is 0 Å². The summed E-state index contributed by atoms with van der Waals surface area (Å²) in [7, 11) is 0. The number of rotatable bonds is 3. The molecular formula is C17H20F3N3O3S. The summed E-state index contributed by atoms with van der Waals surface area (Å²) in [5.74, 6) is -2.89. The van der Waals surface area contributed by atoms with Crippen molar-refractivity contribution in [1.82, 2.24) is 4.98 Å². The van der Waals surface area contributed by atoms with Gasteiger partial charge in [-0.25, -0.2) is 9.78 Å². The molecule has 2 rings (SSSR count). The van der Waals surface area contributed by atoms with E-state index in [1.165, 1.54) is 16.9 Å². The molecule has 4 N–H and O–H groups in total. The average Bonchev–Trinajstić information content (AvgIpc) is 2.91. The van der Waals surface area contributed by atoms with E-state index in [1.54, 1.807) is 0 Å². The first-order valence-corrected chi connectivity index (χ1v) is 8.62. The van der Waals surface area contributed by atoms with E-state index in [-0.39, 0.29) is 5.91 Å². The van der Waals surface area contributed by atoms with Crippen LogP contribution < -0.4 is 11.1 Å². The largest absolute Gasteiger partial charge is 0.490 e. The van der Waals surface area contributed by atoms with Crippen molar-refractivity contribution in [2.24, 2.45) is 0 Å². The number of alkyl halides is 3. The minimum atomic E-state index is -5.08. The molecule has 1 amide bonds. The maximum atomic E-state index is 12.4. The van der Waals surface area contributed by atoms with Crippen LogP contribution in [0.3, 0.4) is 0 Å². The maximum absolute atomic E-state index is 12.4. The van der Waals surface area contributed by atoms with Crippen molar-refractivity contribution in [3.8, 4) is 0 Å². The molecule has 0 aliphatic heterocycles. The predicted octanol–water partition coefficient (Wildman–Crippen LogP) is 4.10. The Hall–Kier alpha value is -2.62. The molecule has 0 aliphatic rings. The van der Waals surface area contributed by atoms with Crippen LogP contribution in [0.1, 0.15) is 39.0 Å². The van der Waals surface area contributed by atoms with Gasteiger partial charge in [0.2, 0.25) is 0 Å². The molecule has 0 fully saturated rings. The number of carbonyl (C=O) groups is 2. The summed E-state index contributed by atoms with van der Waals surface area (Å²) in [6, 6.07) is 4.12. The lowest BCUT2D eigenvalue weighted by Crippen LogP contribution is -2.21. The number of aliphatic carboxylic acids is 1. The molecule has 10 heteroatoms. The lowest BCUT2D eigenvalue weighted by atomic mass is 10.1. The quantitative estimate of drug-likeness (QED) is 0.716. The van der Waals surface area contributed by atoms with E-state index < -0.39 is 12.1 Å². The molecule has 0 unspecified atom stereocenters. The summed E-state index contributed by atoms with van der Waals surface area (Å²) >= 11 is 1.24. The van der Waals surface area contributed by atoms with Gasteiger partial charge in [0.25, 0.3) is 5.91 Å². The lowest BCUT2D eigenvalue weighted by Gasteiger charge is -2.12. The molecule has 148 valence electrons. The number of aryl methyl sites for hydroxylation is 4. The van der Waals surface area contributed by atoms with Gasteiger partial charge < -0.3 is 16.2 Å². The van der Waals surface area contributed by atoms with Crippen molar-refractivity contribution in [3.63, 3.8) is 0 Å². The van der Waals surface area contributed by atoms with Crippen molar-refractivity contribution in [3.05, 3.63) is 39.4 Å². The molecule has 0 radical (unpaired) electrons. The third-order valence-corrected chi connectivity index (χ3v) is 4.34. The number of hydrogen-bond acceptors (Lipinski definition) is 5. The molecule has 27 heavy (non-hydrogen) atoms. The number of nitrogens with one attached hydrogen (secondary N) is 1. The van der Waals surface area contributed by atoms with Crippen LogP contribution in [0.15, 0.2) is 12.1 Å². The van der Waals surface area contributed by atoms with Gasteiger partial charge in [0.15, 0.2) is 5.13 Å². The summed E-state index contributed by atoms with van der Waals surface area (Å²) in [5, 5.41) is 10.5. The number of halogens is 3. The highest BCUT2D eigenvalue weighted by molar-refractivity contribution is 7.17. The van der Waals surface area contributed by atoms with Crippen molar-refractivity contribution < 1.29 is 27.9 Å². The van der Waals surface area contributed by atoms with E-state index in [1.807, 2.05) is 27.7 Å². The maximum Gasteiger partial charge on any atom is 0.490 e. The molecule has 1 heterocycles. The number of carbonyl (C=O) groups excluding carboxylic acids is 1. The average molecular weight is 403 g/mol. The second kappa shape index (κ2) is 8.85. The Kier molecular flexibility index (Phi) is 7.35. The number of carboxylic acids is 1. The Morgan fingerprint density at radius 1 is 1.22 bits per heavy atom. The Morgan fingerprint density at radius 3 is 2.11 bits per heavy atom. The topological polar surface area (TPSA) is 105 Å². The monoisotopic (exact) mass is 403 g/mol. The van der Waals surface area contributed by atoms with E-state index in [0.717, 1.165) is 22.5 Å². The first kappa shape index (κ1) is 22.4. The molecule has 0 aliphatic carbocycles. The van der Waals surface area contributed by atoms with E-state index in [9.17, 15) is 18.0 Å². The van der Waals surface area contributed by atoms with E-state index in [0.29, 0.717) is 16.4 Å². The van der Waals surface area contributed by atoms with Gasteiger partial charge in [0, 0.05) is 5.69 Å². The standard InChI is InChI=1S/C15H19N3OS.C2HF3O2/c1-5-11-13(20-15(16)17-11)14(19)18-12-9(3)6-8(2)7-10(12)4;3-2(4,5)1(6)7/h6-7H,5H2,1-4H3,(H2,16,17)(H,18,19);(H,6,7). The zero-order chi connectivity index (χ0) is 20.9. The normalized spacial score (nSPS) is 10.8. The van der Waals surface area contributed by atoms with E-state index in [2.05, 4.69) is 22.4 Å². The second-order valence-electron chi connectivity index (χ2n) is 5.71. The minimum Gasteiger partial charge on any atom is -0.475 e. The third kappa shape index (κ3) is 6.24. The number of amides is 1. The molecule has 0 bridgehead atoms. The van der Waals surface area contributed by atoms with Crippen LogP contribution in [0.4, 0.5) is 24.0 Å². The predicted molar refractivity (Wildman–Crippen MR) is 98.2 cm³/mol. The summed E-state index contributed by atoms with van der Waals surface area (Å²) in [6.07, 6.45) is -4.39. The van der Waals surface area contributed by atoms with Crippen LogP contribution in [0.2, 0.25) is 0 Å². The van der Waals surface area contributed by atoms with Crippen LogP contribution in [-0.2, 0) is 11.2 Å². The summed E-state index contributed by atoms with van der Waals surface area (Å²) in [4.78, 5) is 26.1. The minimum absolute atomic E-state index is 0.133. The van der Waals surface area contributed by atoms with Crippen molar-refractivity contribution >= 4 is 34.0 Å². The molecule has 0 saturated carbocycles. The van der Waals surface area contributed by atoms with Gasteiger partial charge in [-0.2, -0.15) is 13.2 Å². The van der Waals surface area contributed by atoms with Crippen LogP contribution in [-0.4, -0.2) is 28.1 Å². The molecule has 1 aromatic carbocycles. The fourth-order valence-electron chi connectivity index (χ4n) is 2.33. The molecule has 0 atom stereocenters. The summed E-state index contributed by atoms with van der Waals surface area (Å²) in [5.41, 5.74) is 10.6. The van der Waals surface area contributed by atoms with Crippen molar-refractivity contribution in [2.75, 3.05) is 11.1 Å². The highest BCUT2D eigenvalue weighted by Gasteiger charge is 2.38. The van der Waals surface area contributed by atoms with Gasteiger partial charge in [-0.3, -0.25) is 4.79 Å². The lowest BCUT2D eigenvalue weighted by molar-refractivity contribution is -0.192. The first-order chi connectivity index (χ1) is 12.4. The summed E-state index contributed by atoms with van der Waals surface area (Å²) in [6.45, 7) is 8.01. The van der Waals surface area contributed by atoms with Gasteiger partial charge >= 0.3 is 12.1 Å². The Morgan fingerprint density at radius 2 is 1.70 bits per heavy atom. The van der Waals surface area contributed by atoms with Crippen molar-refractivity contribution in [1.29, 1.82) is 0 Å².